The van der Waals surface area contributed by atoms with Gasteiger partial charge in [0.1, 0.15) is 0 Å². The Morgan fingerprint density at radius 2 is 1.95 bits per heavy atom. The fourth-order valence-electron chi connectivity index (χ4n) is 1.43. The highest BCUT2D eigenvalue weighted by Gasteiger charge is 2.01. The van der Waals surface area contributed by atoms with E-state index in [1.165, 1.54) is 11.6 Å². The molecule has 0 atom stereocenters. The summed E-state index contributed by atoms with van der Waals surface area (Å²) < 4.78 is 4.76. The first kappa shape index (κ1) is 15.0. The minimum absolute atomic E-state index is 0.192. The van der Waals surface area contributed by atoms with E-state index in [2.05, 4.69) is 5.32 Å². The first-order valence-corrected chi connectivity index (χ1v) is 6.30. The maximum Gasteiger partial charge on any atom is 0.307 e. The van der Waals surface area contributed by atoms with Crippen molar-refractivity contribution in [1.82, 2.24) is 5.32 Å². The van der Waals surface area contributed by atoms with Crippen molar-refractivity contribution < 1.29 is 14.3 Å². The van der Waals surface area contributed by atoms with E-state index in [-0.39, 0.29) is 24.8 Å². The predicted molar refractivity (Wildman–Crippen MR) is 74.5 cm³/mol. The van der Waals surface area contributed by atoms with Gasteiger partial charge >= 0.3 is 5.97 Å². The zero-order chi connectivity index (χ0) is 14.1. The maximum atomic E-state index is 11.5. The highest BCUT2D eigenvalue weighted by Crippen LogP contribution is 2.04. The van der Waals surface area contributed by atoms with Crippen molar-refractivity contribution in [2.24, 2.45) is 0 Å². The molecule has 0 spiro atoms. The molecule has 0 aromatic heterocycles. The van der Waals surface area contributed by atoms with Crippen LogP contribution in [0.25, 0.3) is 6.08 Å². The van der Waals surface area contributed by atoms with Gasteiger partial charge in [-0.15, -0.1) is 0 Å². The molecule has 1 aromatic rings. The monoisotopic (exact) mass is 261 g/mol. The van der Waals surface area contributed by atoms with Crippen LogP contribution in [0.15, 0.2) is 30.3 Å². The van der Waals surface area contributed by atoms with Gasteiger partial charge in [0.2, 0.25) is 5.91 Å². The Morgan fingerprint density at radius 1 is 1.26 bits per heavy atom. The zero-order valence-corrected chi connectivity index (χ0v) is 11.3. The second-order valence-corrected chi connectivity index (χ2v) is 4.09. The number of ether oxygens (including phenoxy) is 1. The van der Waals surface area contributed by atoms with Gasteiger partial charge in [-0.05, 0) is 25.5 Å². The van der Waals surface area contributed by atoms with Crippen molar-refractivity contribution in [3.63, 3.8) is 0 Å². The van der Waals surface area contributed by atoms with Gasteiger partial charge in [-0.1, -0.05) is 29.8 Å². The van der Waals surface area contributed by atoms with Crippen molar-refractivity contribution in [3.05, 3.63) is 41.5 Å². The Kier molecular flexibility index (Phi) is 6.36. The van der Waals surface area contributed by atoms with Crippen LogP contribution in [0, 0.1) is 6.92 Å². The lowest BCUT2D eigenvalue weighted by Gasteiger charge is -2.02. The lowest BCUT2D eigenvalue weighted by atomic mass is 10.1. The van der Waals surface area contributed by atoms with E-state index in [1.807, 2.05) is 31.2 Å². The van der Waals surface area contributed by atoms with Crippen LogP contribution in [0.3, 0.4) is 0 Å². The summed E-state index contributed by atoms with van der Waals surface area (Å²) in [5, 5.41) is 2.63. The predicted octanol–water partition coefficient (Wildman–Crippen LogP) is 2.08. The van der Waals surface area contributed by atoms with Crippen molar-refractivity contribution in [1.29, 1.82) is 0 Å². The fraction of sp³-hybridized carbons (Fsp3) is 0.333. The Balaban J connectivity index is 2.31. The van der Waals surface area contributed by atoms with Crippen LogP contribution in [0.2, 0.25) is 0 Å². The van der Waals surface area contributed by atoms with Crippen LogP contribution in [-0.2, 0) is 14.3 Å². The molecule has 4 nitrogen and oxygen atoms in total. The topological polar surface area (TPSA) is 55.4 Å². The van der Waals surface area contributed by atoms with Gasteiger partial charge in [0.15, 0.2) is 0 Å². The molecule has 0 radical (unpaired) electrons. The average Bonchev–Trinajstić information content (AvgIpc) is 2.38. The van der Waals surface area contributed by atoms with E-state index < -0.39 is 0 Å². The smallest absolute Gasteiger partial charge is 0.307 e. The van der Waals surface area contributed by atoms with Gasteiger partial charge in [-0.25, -0.2) is 0 Å². The quantitative estimate of drug-likeness (QED) is 0.630. The molecule has 0 aliphatic carbocycles. The second-order valence-electron chi connectivity index (χ2n) is 4.09. The number of nitrogens with one attached hydrogen (secondary N) is 1. The highest BCUT2D eigenvalue weighted by atomic mass is 16.5. The number of carbonyl (C=O) groups is 2. The standard InChI is InChI=1S/C15H19NO3/c1-3-19-15(18)10-11-16-14(17)9-8-13-6-4-12(2)5-7-13/h4-9H,3,10-11H2,1-2H3,(H,16,17). The van der Waals surface area contributed by atoms with Gasteiger partial charge in [-0.2, -0.15) is 0 Å². The van der Waals surface area contributed by atoms with Gasteiger partial charge < -0.3 is 10.1 Å². The van der Waals surface area contributed by atoms with Crippen LogP contribution < -0.4 is 5.32 Å². The van der Waals surface area contributed by atoms with Crippen LogP contribution in [-0.4, -0.2) is 25.0 Å². The Hall–Kier alpha value is -2.10. The summed E-state index contributed by atoms with van der Waals surface area (Å²) in [5.41, 5.74) is 2.14. The average molecular weight is 261 g/mol. The largest absolute Gasteiger partial charge is 0.466 e. The van der Waals surface area contributed by atoms with Gasteiger partial charge in [0.05, 0.1) is 13.0 Å². The summed E-state index contributed by atoms with van der Waals surface area (Å²) >= 11 is 0. The Morgan fingerprint density at radius 3 is 2.58 bits per heavy atom. The van der Waals surface area contributed by atoms with Crippen molar-refractivity contribution in [2.75, 3.05) is 13.2 Å². The van der Waals surface area contributed by atoms with E-state index in [0.717, 1.165) is 5.56 Å². The summed E-state index contributed by atoms with van der Waals surface area (Å²) in [4.78, 5) is 22.5. The number of carbonyl (C=O) groups excluding carboxylic acids is 2. The first-order chi connectivity index (χ1) is 9.11. The maximum absolute atomic E-state index is 11.5. The zero-order valence-electron chi connectivity index (χ0n) is 11.3. The number of benzene rings is 1. The fourth-order valence-corrected chi connectivity index (χ4v) is 1.43. The highest BCUT2D eigenvalue weighted by molar-refractivity contribution is 5.91. The molecular weight excluding hydrogens is 242 g/mol. The Labute approximate surface area is 113 Å². The molecule has 1 aromatic carbocycles. The summed E-state index contributed by atoms with van der Waals surface area (Å²) in [7, 11) is 0. The molecule has 1 amide bonds. The molecule has 102 valence electrons. The van der Waals surface area contributed by atoms with Crippen LogP contribution in [0.4, 0.5) is 0 Å². The Bertz CT molecular complexity index is 449. The molecule has 4 heteroatoms. The van der Waals surface area contributed by atoms with Gasteiger partial charge in [0, 0.05) is 12.6 Å². The third-order valence-corrected chi connectivity index (χ3v) is 2.44. The summed E-state index contributed by atoms with van der Waals surface area (Å²) in [6, 6.07) is 7.85. The van der Waals surface area contributed by atoms with Crippen molar-refractivity contribution in [3.8, 4) is 0 Å². The molecule has 1 N–H and O–H groups in total. The van der Waals surface area contributed by atoms with Gasteiger partial charge in [0.25, 0.3) is 0 Å². The molecule has 0 saturated carbocycles. The van der Waals surface area contributed by atoms with E-state index in [9.17, 15) is 9.59 Å². The second kappa shape index (κ2) is 8.08. The van der Waals surface area contributed by atoms with E-state index >= 15 is 0 Å². The summed E-state index contributed by atoms with van der Waals surface area (Å²) in [6.45, 7) is 4.41. The minimum Gasteiger partial charge on any atom is -0.466 e. The normalized spacial score (nSPS) is 10.4. The third-order valence-electron chi connectivity index (χ3n) is 2.44. The molecule has 0 unspecified atom stereocenters. The molecule has 19 heavy (non-hydrogen) atoms. The van der Waals surface area contributed by atoms with Crippen LogP contribution in [0.1, 0.15) is 24.5 Å². The van der Waals surface area contributed by atoms with Crippen molar-refractivity contribution in [2.45, 2.75) is 20.3 Å². The molecule has 0 bridgehead atoms. The third kappa shape index (κ3) is 6.41. The van der Waals surface area contributed by atoms with Crippen LogP contribution >= 0.6 is 0 Å². The molecule has 0 aliphatic rings. The first-order valence-electron chi connectivity index (χ1n) is 6.30. The van der Waals surface area contributed by atoms with Gasteiger partial charge in [-0.3, -0.25) is 9.59 Å². The summed E-state index contributed by atoms with van der Waals surface area (Å²) in [5.74, 6) is -0.518. The number of amides is 1. The van der Waals surface area contributed by atoms with E-state index in [1.54, 1.807) is 13.0 Å². The molecule has 0 saturated heterocycles. The molecule has 0 heterocycles. The minimum atomic E-state index is -0.301. The lowest BCUT2D eigenvalue weighted by Crippen LogP contribution is -2.24. The lowest BCUT2D eigenvalue weighted by molar-refractivity contribution is -0.142. The van der Waals surface area contributed by atoms with Crippen molar-refractivity contribution >= 4 is 18.0 Å². The molecule has 1 rings (SSSR count). The number of esters is 1. The summed E-state index contributed by atoms with van der Waals surface area (Å²) in [6.07, 6.45) is 3.38. The number of aryl methyl sites for hydroxylation is 1. The SMILES string of the molecule is CCOC(=O)CCNC(=O)C=Cc1ccc(C)cc1. The molecule has 0 aliphatic heterocycles. The van der Waals surface area contributed by atoms with Crippen LogP contribution in [0.5, 0.6) is 0 Å². The van der Waals surface area contributed by atoms with E-state index in [4.69, 9.17) is 4.74 Å². The number of rotatable bonds is 6. The van der Waals surface area contributed by atoms with E-state index in [0.29, 0.717) is 6.61 Å². The molecular formula is C15H19NO3. The number of hydrogen-bond acceptors (Lipinski definition) is 3. The number of hydrogen-bond donors (Lipinski definition) is 1. The molecule has 0 fully saturated rings.